The molecular weight excluding hydrogens is 354 g/mol. The number of non-ortho nitro benzene ring substituents is 1. The van der Waals surface area contributed by atoms with Gasteiger partial charge in [0.25, 0.3) is 11.6 Å². The van der Waals surface area contributed by atoms with E-state index in [1.807, 2.05) is 4.90 Å². The molecule has 10 nitrogen and oxygen atoms in total. The first kappa shape index (κ1) is 18.6. The molecule has 4 amide bonds. The lowest BCUT2D eigenvalue weighted by molar-refractivity contribution is -0.384. The zero-order chi connectivity index (χ0) is 19.8. The molecule has 1 N–H and O–H groups in total. The molecule has 1 aromatic carbocycles. The van der Waals surface area contributed by atoms with Gasteiger partial charge >= 0.3 is 6.03 Å². The monoisotopic (exact) mass is 375 g/mol. The third-order valence-corrected chi connectivity index (χ3v) is 4.80. The number of carbonyl (C=O) groups excluding carboxylic acids is 3. The van der Waals surface area contributed by atoms with Gasteiger partial charge in [-0.1, -0.05) is 0 Å². The Bertz CT molecular complexity index is 783. The molecular formula is C17H21N5O5. The van der Waals surface area contributed by atoms with Crippen LogP contribution in [0, 0.1) is 10.1 Å². The Hall–Kier alpha value is -3.17. The normalized spacial score (nSPS) is 19.3. The van der Waals surface area contributed by atoms with Gasteiger partial charge in [0.05, 0.1) is 4.92 Å². The molecule has 0 bridgehead atoms. The molecule has 0 radical (unpaired) electrons. The van der Waals surface area contributed by atoms with E-state index in [9.17, 15) is 24.5 Å². The number of hydrogen-bond acceptors (Lipinski definition) is 6. The van der Waals surface area contributed by atoms with Crippen molar-refractivity contribution in [3.63, 3.8) is 0 Å². The highest BCUT2D eigenvalue weighted by Gasteiger charge is 2.45. The Morgan fingerprint density at radius 2 is 1.74 bits per heavy atom. The van der Waals surface area contributed by atoms with E-state index in [0.29, 0.717) is 26.2 Å². The van der Waals surface area contributed by atoms with Gasteiger partial charge in [0, 0.05) is 44.0 Å². The summed E-state index contributed by atoms with van der Waals surface area (Å²) in [6, 6.07) is 5.72. The average Bonchev–Trinajstić information content (AvgIpc) is 2.83. The first-order valence-corrected chi connectivity index (χ1v) is 8.60. The molecule has 2 aliphatic rings. The van der Waals surface area contributed by atoms with E-state index in [0.717, 1.165) is 10.6 Å². The second kappa shape index (κ2) is 6.86. The third kappa shape index (κ3) is 3.69. The molecule has 2 fully saturated rings. The van der Waals surface area contributed by atoms with Gasteiger partial charge in [0.2, 0.25) is 5.91 Å². The van der Waals surface area contributed by atoms with Gasteiger partial charge in [-0.05, 0) is 26.0 Å². The number of nitro groups is 1. The summed E-state index contributed by atoms with van der Waals surface area (Å²) in [7, 11) is 0. The number of nitrogens with zero attached hydrogens (tertiary/aromatic N) is 4. The third-order valence-electron chi connectivity index (χ3n) is 4.80. The van der Waals surface area contributed by atoms with E-state index < -0.39 is 22.4 Å². The minimum absolute atomic E-state index is 0.0315. The number of rotatable bonds is 4. The van der Waals surface area contributed by atoms with Gasteiger partial charge in [-0.25, -0.2) is 4.79 Å². The molecule has 0 atom stereocenters. The number of anilines is 1. The fourth-order valence-electron chi connectivity index (χ4n) is 3.20. The summed E-state index contributed by atoms with van der Waals surface area (Å²) in [5.41, 5.74) is -0.112. The Balaban J connectivity index is 1.56. The predicted molar refractivity (Wildman–Crippen MR) is 96.2 cm³/mol. The summed E-state index contributed by atoms with van der Waals surface area (Å²) in [6.45, 7) is 4.95. The van der Waals surface area contributed by atoms with E-state index in [4.69, 9.17) is 0 Å². The summed E-state index contributed by atoms with van der Waals surface area (Å²) in [6.07, 6.45) is 0. The Labute approximate surface area is 155 Å². The zero-order valence-corrected chi connectivity index (χ0v) is 15.2. The summed E-state index contributed by atoms with van der Waals surface area (Å²) >= 11 is 0. The standard InChI is InChI=1S/C17H21N5O5/c1-17(2)15(24)21(16(25)18-17)11-14(23)20-9-7-19(8-10-20)12-3-5-13(6-4-12)22(26)27/h3-6H,7-11H2,1-2H3,(H,18,25). The van der Waals surface area contributed by atoms with Crippen LogP contribution in [0.2, 0.25) is 0 Å². The number of hydrogen-bond donors (Lipinski definition) is 1. The van der Waals surface area contributed by atoms with Crippen molar-refractivity contribution < 1.29 is 19.3 Å². The SMILES string of the molecule is CC1(C)NC(=O)N(CC(=O)N2CCN(c3ccc([N+](=O)[O-])cc3)CC2)C1=O. The van der Waals surface area contributed by atoms with Gasteiger partial charge < -0.3 is 15.1 Å². The van der Waals surface area contributed by atoms with Crippen molar-refractivity contribution >= 4 is 29.2 Å². The van der Waals surface area contributed by atoms with Gasteiger partial charge in [0.1, 0.15) is 12.1 Å². The van der Waals surface area contributed by atoms with Gasteiger partial charge in [-0.2, -0.15) is 0 Å². The topological polar surface area (TPSA) is 116 Å². The number of piperazine rings is 1. The minimum Gasteiger partial charge on any atom is -0.368 e. The Morgan fingerprint density at radius 3 is 2.22 bits per heavy atom. The van der Waals surface area contributed by atoms with Crippen LogP contribution in [0.15, 0.2) is 24.3 Å². The van der Waals surface area contributed by atoms with Crippen molar-refractivity contribution in [1.82, 2.24) is 15.1 Å². The van der Waals surface area contributed by atoms with Crippen LogP contribution in [0.25, 0.3) is 0 Å². The average molecular weight is 375 g/mol. The molecule has 3 rings (SSSR count). The highest BCUT2D eigenvalue weighted by atomic mass is 16.6. The van der Waals surface area contributed by atoms with E-state index in [1.165, 1.54) is 12.1 Å². The number of carbonyl (C=O) groups is 3. The van der Waals surface area contributed by atoms with Crippen LogP contribution in [0.3, 0.4) is 0 Å². The highest BCUT2D eigenvalue weighted by Crippen LogP contribution is 2.21. The molecule has 10 heteroatoms. The maximum Gasteiger partial charge on any atom is 0.325 e. The minimum atomic E-state index is -0.994. The molecule has 0 aliphatic carbocycles. The van der Waals surface area contributed by atoms with Crippen LogP contribution < -0.4 is 10.2 Å². The van der Waals surface area contributed by atoms with Crippen molar-refractivity contribution in [3.8, 4) is 0 Å². The lowest BCUT2D eigenvalue weighted by Crippen LogP contribution is -2.52. The summed E-state index contributed by atoms with van der Waals surface area (Å²) < 4.78 is 0. The van der Waals surface area contributed by atoms with Gasteiger partial charge in [-0.15, -0.1) is 0 Å². The number of nitro benzene ring substituents is 1. The van der Waals surface area contributed by atoms with E-state index in [-0.39, 0.29) is 18.1 Å². The molecule has 27 heavy (non-hydrogen) atoms. The summed E-state index contributed by atoms with van der Waals surface area (Å²) in [4.78, 5) is 51.4. The second-order valence-electron chi connectivity index (χ2n) is 7.09. The molecule has 0 spiro atoms. The Morgan fingerprint density at radius 1 is 1.15 bits per heavy atom. The molecule has 2 aliphatic heterocycles. The lowest BCUT2D eigenvalue weighted by atomic mass is 10.1. The quantitative estimate of drug-likeness (QED) is 0.467. The number of urea groups is 1. The summed E-state index contributed by atoms with van der Waals surface area (Å²) in [5, 5.41) is 13.3. The summed E-state index contributed by atoms with van der Waals surface area (Å²) in [5.74, 6) is -0.690. The molecule has 0 unspecified atom stereocenters. The van der Waals surface area contributed by atoms with Crippen molar-refractivity contribution in [1.29, 1.82) is 0 Å². The van der Waals surface area contributed by atoms with Crippen LogP contribution in [-0.4, -0.2) is 70.8 Å². The molecule has 0 aromatic heterocycles. The highest BCUT2D eigenvalue weighted by molar-refractivity contribution is 6.08. The second-order valence-corrected chi connectivity index (χ2v) is 7.09. The van der Waals surface area contributed by atoms with E-state index in [1.54, 1.807) is 30.9 Å². The molecule has 2 heterocycles. The van der Waals surface area contributed by atoms with Crippen molar-refractivity contribution in [2.45, 2.75) is 19.4 Å². The van der Waals surface area contributed by atoms with Crippen molar-refractivity contribution in [3.05, 3.63) is 34.4 Å². The Kier molecular flexibility index (Phi) is 4.73. The van der Waals surface area contributed by atoms with Crippen molar-refractivity contribution in [2.75, 3.05) is 37.6 Å². The molecule has 0 saturated carbocycles. The maximum atomic E-state index is 12.5. The van der Waals surface area contributed by atoms with E-state index in [2.05, 4.69) is 5.32 Å². The first-order chi connectivity index (χ1) is 12.7. The maximum absolute atomic E-state index is 12.5. The first-order valence-electron chi connectivity index (χ1n) is 8.60. The smallest absolute Gasteiger partial charge is 0.325 e. The molecule has 1 aromatic rings. The number of amides is 4. The number of nitrogens with one attached hydrogen (secondary N) is 1. The number of imide groups is 1. The number of benzene rings is 1. The van der Waals surface area contributed by atoms with Crippen molar-refractivity contribution in [2.24, 2.45) is 0 Å². The lowest BCUT2D eigenvalue weighted by Gasteiger charge is -2.36. The van der Waals surface area contributed by atoms with Crippen LogP contribution in [0.5, 0.6) is 0 Å². The van der Waals surface area contributed by atoms with Gasteiger partial charge in [-0.3, -0.25) is 24.6 Å². The van der Waals surface area contributed by atoms with Crippen LogP contribution in [0.1, 0.15) is 13.8 Å². The predicted octanol–water partition coefficient (Wildman–Crippen LogP) is 0.574. The molecule has 144 valence electrons. The fourth-order valence-corrected chi connectivity index (χ4v) is 3.20. The zero-order valence-electron chi connectivity index (χ0n) is 15.2. The fraction of sp³-hybridized carbons (Fsp3) is 0.471. The largest absolute Gasteiger partial charge is 0.368 e. The van der Waals surface area contributed by atoms with Gasteiger partial charge in [0.15, 0.2) is 0 Å². The van der Waals surface area contributed by atoms with Crippen LogP contribution in [0.4, 0.5) is 16.2 Å². The van der Waals surface area contributed by atoms with Crippen LogP contribution in [-0.2, 0) is 9.59 Å². The van der Waals surface area contributed by atoms with E-state index >= 15 is 0 Å². The van der Waals surface area contributed by atoms with Crippen LogP contribution >= 0.6 is 0 Å². The molecule has 2 saturated heterocycles.